The molecule has 1 saturated carbocycles. The minimum Gasteiger partial charge on any atom is -0.323 e. The number of rotatable bonds is 2. The maximum atomic E-state index is 13.8. The van der Waals surface area contributed by atoms with Crippen molar-refractivity contribution in [1.29, 1.82) is 0 Å². The van der Waals surface area contributed by atoms with E-state index in [0.717, 1.165) is 17.8 Å². The van der Waals surface area contributed by atoms with Crippen LogP contribution in [0.3, 0.4) is 0 Å². The van der Waals surface area contributed by atoms with Crippen molar-refractivity contribution in [2.75, 3.05) is 0 Å². The van der Waals surface area contributed by atoms with Crippen LogP contribution in [0.15, 0.2) is 16.6 Å². The predicted molar refractivity (Wildman–Crippen MR) is 88.2 cm³/mol. The van der Waals surface area contributed by atoms with Crippen LogP contribution in [-0.4, -0.2) is 9.55 Å². The first-order valence-electron chi connectivity index (χ1n) is 7.36. The number of halogens is 3. The van der Waals surface area contributed by atoms with Gasteiger partial charge in [-0.25, -0.2) is 9.37 Å². The number of aromatic nitrogens is 2. The smallest absolute Gasteiger partial charge is 0.139 e. The van der Waals surface area contributed by atoms with Crippen molar-refractivity contribution in [1.82, 2.24) is 9.55 Å². The quantitative estimate of drug-likeness (QED) is 0.607. The molecule has 2 aromatic rings. The molecule has 0 bridgehead atoms. The number of nitrogens with zero attached hydrogens (tertiary/aromatic N) is 2. The minimum absolute atomic E-state index is 0.202. The van der Waals surface area contributed by atoms with Crippen LogP contribution in [-0.2, 0) is 5.88 Å². The maximum absolute atomic E-state index is 13.8. The average Bonchev–Trinajstić information content (AvgIpc) is 2.76. The molecule has 0 radical (unpaired) electrons. The Bertz CT molecular complexity index is 680. The standard InChI is InChI=1S/C16H19BrClFN2/c1-16(2)6-4-3-5-14(16)21-13-7-10(17)11(19)8-12(13)20-15(21)9-18/h7-8,14H,3-6,9H2,1-2H3. The fourth-order valence-electron chi connectivity index (χ4n) is 3.54. The lowest BCUT2D eigenvalue weighted by Gasteiger charge is -2.40. The Morgan fingerprint density at radius 1 is 1.43 bits per heavy atom. The number of alkyl halides is 1. The van der Waals surface area contributed by atoms with Crippen LogP contribution in [0.1, 0.15) is 51.4 Å². The molecule has 5 heteroatoms. The predicted octanol–water partition coefficient (Wildman–Crippen LogP) is 5.82. The third-order valence-electron chi connectivity index (χ3n) is 4.69. The first-order chi connectivity index (χ1) is 9.94. The maximum Gasteiger partial charge on any atom is 0.139 e. The molecule has 0 spiro atoms. The molecular formula is C16H19BrClFN2. The summed E-state index contributed by atoms with van der Waals surface area (Å²) >= 11 is 9.39. The van der Waals surface area contributed by atoms with E-state index in [1.807, 2.05) is 6.07 Å². The van der Waals surface area contributed by atoms with Crippen LogP contribution in [0.25, 0.3) is 11.0 Å². The molecule has 114 valence electrons. The van der Waals surface area contributed by atoms with Crippen molar-refractivity contribution in [3.8, 4) is 0 Å². The fourth-order valence-corrected chi connectivity index (χ4v) is 4.06. The van der Waals surface area contributed by atoms with E-state index < -0.39 is 0 Å². The third kappa shape index (κ3) is 2.61. The van der Waals surface area contributed by atoms with E-state index in [1.165, 1.54) is 25.3 Å². The van der Waals surface area contributed by atoms with Crippen molar-refractivity contribution in [2.24, 2.45) is 5.41 Å². The largest absolute Gasteiger partial charge is 0.323 e. The molecular weight excluding hydrogens is 355 g/mol. The molecule has 1 aromatic carbocycles. The highest BCUT2D eigenvalue weighted by atomic mass is 79.9. The first kappa shape index (κ1) is 15.3. The van der Waals surface area contributed by atoms with E-state index in [0.29, 0.717) is 21.9 Å². The fraction of sp³-hybridized carbons (Fsp3) is 0.562. The van der Waals surface area contributed by atoms with Gasteiger partial charge >= 0.3 is 0 Å². The van der Waals surface area contributed by atoms with Crippen molar-refractivity contribution in [3.63, 3.8) is 0 Å². The van der Waals surface area contributed by atoms with E-state index in [4.69, 9.17) is 11.6 Å². The monoisotopic (exact) mass is 372 g/mol. The summed E-state index contributed by atoms with van der Waals surface area (Å²) in [6.07, 6.45) is 4.81. The molecule has 3 rings (SSSR count). The highest BCUT2D eigenvalue weighted by molar-refractivity contribution is 9.10. The van der Waals surface area contributed by atoms with Gasteiger partial charge in [0.15, 0.2) is 0 Å². The molecule has 1 atom stereocenters. The van der Waals surface area contributed by atoms with Gasteiger partial charge in [0, 0.05) is 12.1 Å². The van der Waals surface area contributed by atoms with E-state index in [1.54, 1.807) is 0 Å². The Kier molecular flexibility index (Phi) is 4.04. The first-order valence-corrected chi connectivity index (χ1v) is 8.68. The van der Waals surface area contributed by atoms with Gasteiger partial charge in [-0.1, -0.05) is 26.7 Å². The molecule has 1 fully saturated rings. The Hall–Kier alpha value is -0.610. The van der Waals surface area contributed by atoms with Crippen molar-refractivity contribution in [2.45, 2.75) is 51.5 Å². The second kappa shape index (κ2) is 5.54. The van der Waals surface area contributed by atoms with Crippen LogP contribution in [0, 0.1) is 11.2 Å². The summed E-state index contributed by atoms with van der Waals surface area (Å²) in [5, 5.41) is 0. The Morgan fingerprint density at radius 3 is 2.86 bits per heavy atom. The zero-order chi connectivity index (χ0) is 15.2. The van der Waals surface area contributed by atoms with E-state index in [9.17, 15) is 4.39 Å². The SMILES string of the molecule is CC1(C)CCCCC1n1c(CCl)nc2cc(F)c(Br)cc21. The highest BCUT2D eigenvalue weighted by Gasteiger charge is 2.35. The summed E-state index contributed by atoms with van der Waals surface area (Å²) in [5.41, 5.74) is 1.86. The average molecular weight is 374 g/mol. The van der Waals surface area contributed by atoms with E-state index >= 15 is 0 Å². The van der Waals surface area contributed by atoms with Crippen molar-refractivity contribution in [3.05, 3.63) is 28.2 Å². The Balaban J connectivity index is 2.22. The highest BCUT2D eigenvalue weighted by Crippen LogP contribution is 2.45. The van der Waals surface area contributed by atoms with Crippen LogP contribution >= 0.6 is 27.5 Å². The number of imidazole rings is 1. The zero-order valence-corrected chi connectivity index (χ0v) is 14.6. The summed E-state index contributed by atoms with van der Waals surface area (Å²) in [6, 6.07) is 3.68. The summed E-state index contributed by atoms with van der Waals surface area (Å²) < 4.78 is 16.5. The molecule has 0 aliphatic heterocycles. The lowest BCUT2D eigenvalue weighted by Crippen LogP contribution is -2.31. The van der Waals surface area contributed by atoms with Crippen LogP contribution < -0.4 is 0 Å². The molecule has 1 aromatic heterocycles. The van der Waals surface area contributed by atoms with E-state index in [-0.39, 0.29) is 11.2 Å². The van der Waals surface area contributed by atoms with Gasteiger partial charge in [-0.05, 0) is 40.3 Å². The molecule has 0 saturated heterocycles. The van der Waals surface area contributed by atoms with Crippen molar-refractivity contribution < 1.29 is 4.39 Å². The van der Waals surface area contributed by atoms with Crippen LogP contribution in [0.5, 0.6) is 0 Å². The van der Waals surface area contributed by atoms with Crippen LogP contribution in [0.2, 0.25) is 0 Å². The lowest BCUT2D eigenvalue weighted by atomic mass is 9.73. The van der Waals surface area contributed by atoms with Gasteiger partial charge in [-0.2, -0.15) is 0 Å². The summed E-state index contributed by atoms with van der Waals surface area (Å²) in [4.78, 5) is 4.54. The lowest BCUT2D eigenvalue weighted by molar-refractivity contribution is 0.145. The van der Waals surface area contributed by atoms with E-state index in [2.05, 4.69) is 39.3 Å². The zero-order valence-electron chi connectivity index (χ0n) is 12.3. The van der Waals surface area contributed by atoms with Gasteiger partial charge in [0.05, 0.1) is 21.4 Å². The topological polar surface area (TPSA) is 17.8 Å². The Morgan fingerprint density at radius 2 is 2.19 bits per heavy atom. The summed E-state index contributed by atoms with van der Waals surface area (Å²) in [7, 11) is 0. The van der Waals surface area contributed by atoms with Gasteiger partial charge in [-0.3, -0.25) is 0 Å². The molecule has 21 heavy (non-hydrogen) atoms. The third-order valence-corrected chi connectivity index (χ3v) is 5.53. The molecule has 1 heterocycles. The number of hydrogen-bond acceptors (Lipinski definition) is 1. The van der Waals surface area contributed by atoms with Gasteiger partial charge in [0.1, 0.15) is 11.6 Å². The minimum atomic E-state index is -0.281. The van der Waals surface area contributed by atoms with Crippen molar-refractivity contribution >= 4 is 38.6 Å². The van der Waals surface area contributed by atoms with Gasteiger partial charge < -0.3 is 4.57 Å². The number of hydrogen-bond donors (Lipinski definition) is 0. The molecule has 0 N–H and O–H groups in total. The van der Waals surface area contributed by atoms with Crippen LogP contribution in [0.4, 0.5) is 4.39 Å². The van der Waals surface area contributed by atoms with Gasteiger partial charge in [-0.15, -0.1) is 11.6 Å². The number of benzene rings is 1. The number of fused-ring (bicyclic) bond motifs is 1. The summed E-state index contributed by atoms with van der Waals surface area (Å²) in [6.45, 7) is 4.61. The normalized spacial score (nSPS) is 21.9. The summed E-state index contributed by atoms with van der Waals surface area (Å²) in [5.74, 6) is 0.904. The molecule has 0 amide bonds. The molecule has 1 unspecified atom stereocenters. The van der Waals surface area contributed by atoms with Gasteiger partial charge in [0.2, 0.25) is 0 Å². The molecule has 2 nitrogen and oxygen atoms in total. The second-order valence-corrected chi connectivity index (χ2v) is 7.66. The Labute approximate surface area is 137 Å². The second-order valence-electron chi connectivity index (χ2n) is 6.54. The van der Waals surface area contributed by atoms with Gasteiger partial charge in [0.25, 0.3) is 0 Å². The molecule has 1 aliphatic carbocycles. The molecule has 1 aliphatic rings.